The average Bonchev–Trinajstić information content (AvgIpc) is 3.03. The van der Waals surface area contributed by atoms with Gasteiger partial charge in [-0.3, -0.25) is 0 Å². The maximum atomic E-state index is 6.37. The van der Waals surface area contributed by atoms with Gasteiger partial charge in [0, 0.05) is 0 Å². The maximum absolute atomic E-state index is 6.37. The maximum Gasteiger partial charge on any atom is 0.0978 e. The Kier molecular flexibility index (Phi) is 35.2. The molecule has 1 heteroatoms. The van der Waals surface area contributed by atoms with E-state index in [1.165, 1.54) is 167 Å². The van der Waals surface area contributed by atoms with E-state index < -0.39 is 0 Å². The minimum atomic E-state index is 0.236. The summed E-state index contributed by atoms with van der Waals surface area (Å²) in [4.78, 5) is 0. The molecule has 0 spiro atoms. The van der Waals surface area contributed by atoms with Crippen molar-refractivity contribution < 1.29 is 4.74 Å². The van der Waals surface area contributed by atoms with Crippen LogP contribution in [0.3, 0.4) is 0 Å². The fourth-order valence-corrected chi connectivity index (χ4v) is 6.06. The summed E-state index contributed by atoms with van der Waals surface area (Å²) in [5.41, 5.74) is 0.236. The van der Waals surface area contributed by atoms with Crippen LogP contribution in [0.15, 0.2) is 60.9 Å². The van der Waals surface area contributed by atoms with Crippen LogP contribution in [0.2, 0.25) is 0 Å². The molecule has 0 aromatic heterocycles. The number of allylic oxidation sites excluding steroid dienone is 9. The molecule has 0 saturated carbocycles. The smallest absolute Gasteiger partial charge is 0.0978 e. The van der Waals surface area contributed by atoms with E-state index in [9.17, 15) is 0 Å². The molecule has 0 aromatic rings. The topological polar surface area (TPSA) is 9.23 Å². The van der Waals surface area contributed by atoms with Gasteiger partial charge in [0.25, 0.3) is 0 Å². The molecule has 0 N–H and O–H groups in total. The third kappa shape index (κ3) is 35.4. The molecule has 1 nitrogen and oxygen atoms in total. The average molecular weight is 639 g/mol. The summed E-state index contributed by atoms with van der Waals surface area (Å²) in [5.74, 6) is 0. The van der Waals surface area contributed by atoms with Crippen molar-refractivity contribution in [1.29, 1.82) is 0 Å². The van der Waals surface area contributed by atoms with E-state index in [0.717, 1.165) is 12.8 Å². The molecule has 0 heterocycles. The van der Waals surface area contributed by atoms with Crippen LogP contribution < -0.4 is 0 Å². The van der Waals surface area contributed by atoms with Crippen LogP contribution in [0.5, 0.6) is 0 Å². The molecule has 0 aliphatic rings. The van der Waals surface area contributed by atoms with Gasteiger partial charge in [-0.15, -0.1) is 0 Å². The minimum Gasteiger partial charge on any atom is -0.498 e. The van der Waals surface area contributed by atoms with Crippen molar-refractivity contribution in [3.05, 3.63) is 60.9 Å². The fraction of sp³-hybridized carbons (Fsp3) is 0.778. The van der Waals surface area contributed by atoms with Gasteiger partial charge in [0.2, 0.25) is 0 Å². The molecule has 0 bridgehead atoms. The molecule has 0 aliphatic carbocycles. The lowest BCUT2D eigenvalue weighted by Crippen LogP contribution is -2.12. The van der Waals surface area contributed by atoms with Gasteiger partial charge in [0.05, 0.1) is 12.4 Å². The van der Waals surface area contributed by atoms with E-state index in [0.29, 0.717) is 6.10 Å². The third-order valence-corrected chi connectivity index (χ3v) is 9.14. The predicted molar refractivity (Wildman–Crippen MR) is 211 cm³/mol. The number of hydrogen-bond donors (Lipinski definition) is 0. The molecular weight excluding hydrogens is 556 g/mol. The summed E-state index contributed by atoms with van der Waals surface area (Å²) in [6.07, 6.45) is 60.0. The molecular formula is C45H82O. The highest BCUT2D eigenvalue weighted by atomic mass is 16.5. The quantitative estimate of drug-likeness (QED) is 0.0381. The Labute approximate surface area is 290 Å². The van der Waals surface area contributed by atoms with Crippen molar-refractivity contribution in [2.45, 2.75) is 221 Å². The normalized spacial score (nSPS) is 12.9. The molecule has 0 amide bonds. The van der Waals surface area contributed by atoms with E-state index in [4.69, 9.17) is 4.74 Å². The summed E-state index contributed by atoms with van der Waals surface area (Å²) in [5, 5.41) is 0. The zero-order chi connectivity index (χ0) is 33.7. The third-order valence-electron chi connectivity index (χ3n) is 9.14. The highest BCUT2D eigenvalue weighted by Gasteiger charge is 2.13. The lowest BCUT2D eigenvalue weighted by Gasteiger charge is -2.21. The Balaban J connectivity index is 4.06. The van der Waals surface area contributed by atoms with Crippen LogP contribution in [0.4, 0.5) is 0 Å². The van der Waals surface area contributed by atoms with E-state index in [1.54, 1.807) is 0 Å². The standard InChI is InChI=1S/C45H82O/c1-6-9-11-13-15-17-19-21-23-25-27-29-31-33-35-37-39-44(46-43-42-45(4,5)41-8-3)40-38-36-34-32-30-28-26-24-22-20-18-16-14-12-10-7-2/h15-18,21-24,42-44H,6-14,19-20,25-41H2,1-5H3/b17-15-,18-16-,23-21-,24-22-,43-42+. The Hall–Kier alpha value is -1.50. The van der Waals surface area contributed by atoms with E-state index in [2.05, 4.69) is 89.3 Å². The SMILES string of the molecule is CCCCC/C=C\C/C=C\CCCCCCCCC(CCCCCCCC/C=C\C/C=C\CCCCC)O/C=C/C(C)(C)CCC. The van der Waals surface area contributed by atoms with Gasteiger partial charge >= 0.3 is 0 Å². The van der Waals surface area contributed by atoms with Crippen molar-refractivity contribution in [3.8, 4) is 0 Å². The first-order valence-electron chi connectivity index (χ1n) is 20.5. The van der Waals surface area contributed by atoms with Gasteiger partial charge in [0.15, 0.2) is 0 Å². The summed E-state index contributed by atoms with van der Waals surface area (Å²) >= 11 is 0. The van der Waals surface area contributed by atoms with Gasteiger partial charge in [-0.05, 0) is 108 Å². The molecule has 0 fully saturated rings. The first-order valence-corrected chi connectivity index (χ1v) is 20.5. The van der Waals surface area contributed by atoms with E-state index in [1.807, 2.05) is 6.26 Å². The fourth-order valence-electron chi connectivity index (χ4n) is 6.06. The second kappa shape index (κ2) is 36.3. The summed E-state index contributed by atoms with van der Waals surface area (Å²) in [6.45, 7) is 11.5. The molecule has 0 aliphatic heterocycles. The number of hydrogen-bond acceptors (Lipinski definition) is 1. The molecule has 0 rings (SSSR count). The Morgan fingerprint density at radius 1 is 0.435 bits per heavy atom. The first kappa shape index (κ1) is 44.5. The largest absolute Gasteiger partial charge is 0.498 e. The zero-order valence-corrected chi connectivity index (χ0v) is 32.1. The zero-order valence-electron chi connectivity index (χ0n) is 32.1. The molecule has 0 radical (unpaired) electrons. The van der Waals surface area contributed by atoms with Crippen molar-refractivity contribution in [2.24, 2.45) is 5.41 Å². The van der Waals surface area contributed by atoms with Crippen molar-refractivity contribution in [1.82, 2.24) is 0 Å². The summed E-state index contributed by atoms with van der Waals surface area (Å²) in [6, 6.07) is 0. The Morgan fingerprint density at radius 2 is 0.804 bits per heavy atom. The lowest BCUT2D eigenvalue weighted by molar-refractivity contribution is 0.118. The Morgan fingerprint density at radius 3 is 1.20 bits per heavy atom. The van der Waals surface area contributed by atoms with Gasteiger partial charge in [-0.25, -0.2) is 0 Å². The van der Waals surface area contributed by atoms with Crippen molar-refractivity contribution in [2.75, 3.05) is 0 Å². The minimum absolute atomic E-state index is 0.236. The predicted octanol–water partition coefficient (Wildman–Crippen LogP) is 16.1. The lowest BCUT2D eigenvalue weighted by atomic mass is 9.88. The summed E-state index contributed by atoms with van der Waals surface area (Å²) < 4.78 is 6.37. The molecule has 268 valence electrons. The van der Waals surface area contributed by atoms with Crippen LogP contribution in [-0.4, -0.2) is 6.10 Å². The number of rotatable bonds is 35. The highest BCUT2D eigenvalue weighted by molar-refractivity contribution is 4.94. The first-order chi connectivity index (χ1) is 22.6. The summed E-state index contributed by atoms with van der Waals surface area (Å²) in [7, 11) is 0. The van der Waals surface area contributed by atoms with Gasteiger partial charge in [0.1, 0.15) is 0 Å². The van der Waals surface area contributed by atoms with Crippen LogP contribution in [0, 0.1) is 5.41 Å². The van der Waals surface area contributed by atoms with Crippen LogP contribution in [0.1, 0.15) is 214 Å². The monoisotopic (exact) mass is 639 g/mol. The molecule has 46 heavy (non-hydrogen) atoms. The van der Waals surface area contributed by atoms with Crippen LogP contribution in [0.25, 0.3) is 0 Å². The Bertz CT molecular complexity index is 688. The van der Waals surface area contributed by atoms with E-state index >= 15 is 0 Å². The van der Waals surface area contributed by atoms with Crippen LogP contribution >= 0.6 is 0 Å². The van der Waals surface area contributed by atoms with E-state index in [-0.39, 0.29) is 5.41 Å². The second-order valence-corrected chi connectivity index (χ2v) is 14.5. The molecule has 0 atom stereocenters. The van der Waals surface area contributed by atoms with Gasteiger partial charge in [-0.1, -0.05) is 167 Å². The highest BCUT2D eigenvalue weighted by Crippen LogP contribution is 2.25. The van der Waals surface area contributed by atoms with Crippen molar-refractivity contribution in [3.63, 3.8) is 0 Å². The number of unbranched alkanes of at least 4 members (excludes halogenated alkanes) is 18. The molecule has 0 aromatic carbocycles. The number of ether oxygens (including phenoxy) is 1. The molecule has 0 saturated heterocycles. The second-order valence-electron chi connectivity index (χ2n) is 14.5. The van der Waals surface area contributed by atoms with Gasteiger partial charge in [-0.2, -0.15) is 0 Å². The van der Waals surface area contributed by atoms with Gasteiger partial charge < -0.3 is 4.74 Å². The molecule has 0 unspecified atom stereocenters. The van der Waals surface area contributed by atoms with Crippen LogP contribution in [-0.2, 0) is 4.74 Å². The van der Waals surface area contributed by atoms with Crippen molar-refractivity contribution >= 4 is 0 Å².